The SMILES string of the molecule is O=C(CN1CCC[C@@H]1c1ccsc1)N(CC(F)(F)F)c1ccc(Cl)cc1. The number of hydrogen-bond donors (Lipinski definition) is 0. The van der Waals surface area contributed by atoms with Crippen LogP contribution in [0.1, 0.15) is 24.4 Å². The molecule has 3 nitrogen and oxygen atoms in total. The second kappa shape index (κ2) is 7.98. The van der Waals surface area contributed by atoms with Crippen LogP contribution in [0.2, 0.25) is 5.02 Å². The van der Waals surface area contributed by atoms with Gasteiger partial charge in [0.25, 0.3) is 0 Å². The molecule has 2 heterocycles. The van der Waals surface area contributed by atoms with Crippen LogP contribution in [0.3, 0.4) is 0 Å². The van der Waals surface area contributed by atoms with Crippen molar-refractivity contribution < 1.29 is 18.0 Å². The van der Waals surface area contributed by atoms with E-state index in [4.69, 9.17) is 11.6 Å². The van der Waals surface area contributed by atoms with Crippen LogP contribution in [0.15, 0.2) is 41.1 Å². The van der Waals surface area contributed by atoms with Gasteiger partial charge in [-0.1, -0.05) is 11.6 Å². The van der Waals surface area contributed by atoms with E-state index in [-0.39, 0.29) is 18.3 Å². The number of anilines is 1. The van der Waals surface area contributed by atoms with E-state index in [9.17, 15) is 18.0 Å². The molecule has 0 saturated carbocycles. The number of nitrogens with zero attached hydrogens (tertiary/aromatic N) is 2. The number of halogens is 4. The summed E-state index contributed by atoms with van der Waals surface area (Å²) in [6.45, 7) is -0.656. The number of likely N-dealkylation sites (tertiary alicyclic amines) is 1. The maximum Gasteiger partial charge on any atom is 0.406 e. The molecule has 2 aromatic rings. The second-order valence-corrected chi connectivity index (χ2v) is 7.47. The Labute approximate surface area is 159 Å². The predicted octanol–water partition coefficient (Wildman–Crippen LogP) is 5.13. The molecule has 0 aliphatic carbocycles. The molecule has 3 rings (SSSR count). The van der Waals surface area contributed by atoms with E-state index in [2.05, 4.69) is 0 Å². The van der Waals surface area contributed by atoms with Crippen LogP contribution in [0, 0.1) is 0 Å². The number of alkyl halides is 3. The van der Waals surface area contributed by atoms with Gasteiger partial charge in [0.1, 0.15) is 6.54 Å². The van der Waals surface area contributed by atoms with E-state index in [1.165, 1.54) is 24.3 Å². The Kier molecular flexibility index (Phi) is 5.89. The predicted molar refractivity (Wildman–Crippen MR) is 97.7 cm³/mol. The van der Waals surface area contributed by atoms with E-state index < -0.39 is 18.6 Å². The Morgan fingerprint density at radius 1 is 1.27 bits per heavy atom. The lowest BCUT2D eigenvalue weighted by atomic mass is 10.1. The zero-order valence-corrected chi connectivity index (χ0v) is 15.4. The van der Waals surface area contributed by atoms with Gasteiger partial charge >= 0.3 is 6.18 Å². The number of rotatable bonds is 5. The Morgan fingerprint density at radius 3 is 2.62 bits per heavy atom. The maximum absolute atomic E-state index is 13.0. The average molecular weight is 403 g/mol. The van der Waals surface area contributed by atoms with Gasteiger partial charge in [-0.25, -0.2) is 0 Å². The van der Waals surface area contributed by atoms with Crippen molar-refractivity contribution in [3.05, 3.63) is 51.7 Å². The summed E-state index contributed by atoms with van der Waals surface area (Å²) < 4.78 is 39.0. The smallest absolute Gasteiger partial charge is 0.302 e. The number of benzene rings is 1. The molecule has 8 heteroatoms. The van der Waals surface area contributed by atoms with Crippen molar-refractivity contribution in [1.29, 1.82) is 0 Å². The first-order valence-electron chi connectivity index (χ1n) is 8.22. The highest BCUT2D eigenvalue weighted by molar-refractivity contribution is 7.07. The zero-order chi connectivity index (χ0) is 18.7. The summed E-state index contributed by atoms with van der Waals surface area (Å²) in [5.41, 5.74) is 1.32. The lowest BCUT2D eigenvalue weighted by molar-refractivity contribution is -0.133. The standard InChI is InChI=1S/C18H18ClF3N2OS/c19-14-3-5-15(6-4-14)24(12-18(20,21)22)17(25)10-23-8-1-2-16(23)13-7-9-26-11-13/h3-7,9,11,16H,1-2,8,10,12H2/t16-/m1/s1. The van der Waals surface area contributed by atoms with Crippen molar-refractivity contribution >= 4 is 34.5 Å². The van der Waals surface area contributed by atoms with Crippen LogP contribution in [0.4, 0.5) is 18.9 Å². The van der Waals surface area contributed by atoms with Gasteiger partial charge in [0.15, 0.2) is 0 Å². The molecule has 1 amide bonds. The minimum Gasteiger partial charge on any atom is -0.302 e. The summed E-state index contributed by atoms with van der Waals surface area (Å²) in [4.78, 5) is 15.5. The highest BCUT2D eigenvalue weighted by atomic mass is 35.5. The molecule has 0 spiro atoms. The fourth-order valence-corrected chi connectivity index (χ4v) is 4.07. The minimum atomic E-state index is -4.48. The quantitative estimate of drug-likeness (QED) is 0.691. The molecule has 1 saturated heterocycles. The number of hydrogen-bond acceptors (Lipinski definition) is 3. The van der Waals surface area contributed by atoms with Gasteiger partial charge in [-0.3, -0.25) is 9.69 Å². The maximum atomic E-state index is 13.0. The van der Waals surface area contributed by atoms with Crippen molar-refractivity contribution in [3.63, 3.8) is 0 Å². The van der Waals surface area contributed by atoms with Crippen LogP contribution in [0.25, 0.3) is 0 Å². The Morgan fingerprint density at radius 2 is 2.00 bits per heavy atom. The van der Waals surface area contributed by atoms with Gasteiger partial charge < -0.3 is 4.90 Å². The van der Waals surface area contributed by atoms with E-state index in [0.29, 0.717) is 11.6 Å². The Hall–Kier alpha value is -1.57. The highest BCUT2D eigenvalue weighted by Gasteiger charge is 2.36. The first-order chi connectivity index (χ1) is 12.3. The summed E-state index contributed by atoms with van der Waals surface area (Å²) in [6.07, 6.45) is -2.65. The molecule has 1 aromatic heterocycles. The molecule has 1 atom stereocenters. The van der Waals surface area contributed by atoms with Crippen LogP contribution < -0.4 is 4.90 Å². The molecular formula is C18H18ClF3N2OS. The van der Waals surface area contributed by atoms with Crippen molar-refractivity contribution in [2.24, 2.45) is 0 Å². The third-order valence-corrected chi connectivity index (χ3v) is 5.36. The summed E-state index contributed by atoms with van der Waals surface area (Å²) in [5.74, 6) is -0.563. The van der Waals surface area contributed by atoms with Gasteiger partial charge in [-0.05, 0) is 66.0 Å². The fourth-order valence-electron chi connectivity index (χ4n) is 3.24. The number of carbonyl (C=O) groups is 1. The van der Waals surface area contributed by atoms with Gasteiger partial charge in [0.2, 0.25) is 5.91 Å². The van der Waals surface area contributed by atoms with E-state index in [1.54, 1.807) is 11.3 Å². The molecule has 26 heavy (non-hydrogen) atoms. The largest absolute Gasteiger partial charge is 0.406 e. The molecule has 1 aliphatic rings. The monoisotopic (exact) mass is 402 g/mol. The Balaban J connectivity index is 1.77. The van der Waals surface area contributed by atoms with Crippen molar-refractivity contribution in [2.45, 2.75) is 25.1 Å². The summed E-state index contributed by atoms with van der Waals surface area (Å²) >= 11 is 7.39. The molecule has 1 fully saturated rings. The van der Waals surface area contributed by atoms with Crippen LogP contribution in [0.5, 0.6) is 0 Å². The first kappa shape index (κ1) is 19.2. The third-order valence-electron chi connectivity index (χ3n) is 4.41. The van der Waals surface area contributed by atoms with Gasteiger partial charge in [0.05, 0.1) is 6.54 Å². The topological polar surface area (TPSA) is 23.6 Å². The van der Waals surface area contributed by atoms with Crippen LogP contribution >= 0.6 is 22.9 Å². The summed E-state index contributed by atoms with van der Waals surface area (Å²) in [5, 5.41) is 4.41. The summed E-state index contributed by atoms with van der Waals surface area (Å²) in [7, 11) is 0. The molecule has 0 unspecified atom stereocenters. The normalized spacial score (nSPS) is 18.2. The lowest BCUT2D eigenvalue weighted by Crippen LogP contribution is -2.44. The summed E-state index contributed by atoms with van der Waals surface area (Å²) in [6, 6.07) is 7.93. The zero-order valence-electron chi connectivity index (χ0n) is 13.9. The molecule has 140 valence electrons. The molecule has 0 N–H and O–H groups in total. The number of carbonyl (C=O) groups excluding carboxylic acids is 1. The molecule has 0 bridgehead atoms. The Bertz CT molecular complexity index is 734. The third kappa shape index (κ3) is 4.78. The molecule has 1 aromatic carbocycles. The molecule has 0 radical (unpaired) electrons. The van der Waals surface area contributed by atoms with Crippen LogP contribution in [-0.2, 0) is 4.79 Å². The number of amides is 1. The van der Waals surface area contributed by atoms with Gasteiger partial charge in [-0.2, -0.15) is 24.5 Å². The van der Waals surface area contributed by atoms with Gasteiger partial charge in [0, 0.05) is 16.8 Å². The first-order valence-corrected chi connectivity index (χ1v) is 9.54. The highest BCUT2D eigenvalue weighted by Crippen LogP contribution is 2.33. The fraction of sp³-hybridized carbons (Fsp3) is 0.389. The molecule has 1 aliphatic heterocycles. The van der Waals surface area contributed by atoms with Crippen LogP contribution in [-0.4, -0.2) is 36.6 Å². The van der Waals surface area contributed by atoms with E-state index in [0.717, 1.165) is 23.3 Å². The van der Waals surface area contributed by atoms with Crippen molar-refractivity contribution in [1.82, 2.24) is 4.90 Å². The number of thiophene rings is 1. The van der Waals surface area contributed by atoms with E-state index in [1.807, 2.05) is 21.7 Å². The lowest BCUT2D eigenvalue weighted by Gasteiger charge is -2.29. The van der Waals surface area contributed by atoms with Gasteiger partial charge in [-0.15, -0.1) is 0 Å². The molecular weight excluding hydrogens is 385 g/mol. The van der Waals surface area contributed by atoms with Crippen molar-refractivity contribution in [3.8, 4) is 0 Å². The van der Waals surface area contributed by atoms with Crippen molar-refractivity contribution in [2.75, 3.05) is 24.5 Å². The van der Waals surface area contributed by atoms with E-state index >= 15 is 0 Å². The minimum absolute atomic E-state index is 0.0424. The second-order valence-electron chi connectivity index (χ2n) is 6.26. The average Bonchev–Trinajstić information content (AvgIpc) is 3.23.